The van der Waals surface area contributed by atoms with Crippen molar-refractivity contribution < 1.29 is 4.74 Å². The molecular weight excluding hydrogens is 398 g/mol. The van der Waals surface area contributed by atoms with Crippen LogP contribution in [-0.2, 0) is 19.3 Å². The minimum absolute atomic E-state index is 0.635. The largest absolute Gasteiger partial charge is 0.438 e. The van der Waals surface area contributed by atoms with E-state index in [1.165, 1.54) is 5.56 Å². The molecule has 6 nitrogen and oxygen atoms in total. The van der Waals surface area contributed by atoms with E-state index in [2.05, 4.69) is 14.8 Å². The molecule has 158 valence electrons. The third kappa shape index (κ3) is 4.10. The molecule has 32 heavy (non-hydrogen) atoms. The van der Waals surface area contributed by atoms with Crippen LogP contribution >= 0.6 is 0 Å². The Kier molecular flexibility index (Phi) is 5.39. The van der Waals surface area contributed by atoms with Gasteiger partial charge in [-0.25, -0.2) is 9.83 Å². The van der Waals surface area contributed by atoms with Crippen molar-refractivity contribution >= 4 is 5.69 Å². The Morgan fingerprint density at radius 1 is 1.06 bits per heavy atom. The summed E-state index contributed by atoms with van der Waals surface area (Å²) in [6.45, 7) is 9.20. The van der Waals surface area contributed by atoms with Crippen LogP contribution < -0.4 is 4.74 Å². The van der Waals surface area contributed by atoms with Crippen LogP contribution in [0.1, 0.15) is 41.1 Å². The smallest absolute Gasteiger partial charge is 0.227 e. The number of nitrogens with zero attached hydrogens (tertiary/aromatic N) is 5. The predicted octanol–water partition coefficient (Wildman–Crippen LogP) is 5.78. The van der Waals surface area contributed by atoms with E-state index in [0.717, 1.165) is 65.8 Å². The van der Waals surface area contributed by atoms with Gasteiger partial charge in [-0.05, 0) is 50.8 Å². The highest BCUT2D eigenvalue weighted by Gasteiger charge is 2.24. The van der Waals surface area contributed by atoms with Crippen LogP contribution in [0, 0.1) is 13.5 Å². The molecule has 4 aromatic rings. The monoisotopic (exact) mass is 421 g/mol. The third-order valence-corrected chi connectivity index (χ3v) is 5.63. The van der Waals surface area contributed by atoms with E-state index in [9.17, 15) is 0 Å². The zero-order chi connectivity index (χ0) is 21.9. The van der Waals surface area contributed by atoms with Gasteiger partial charge in [0.1, 0.15) is 5.75 Å². The first kappa shape index (κ1) is 20.0. The lowest BCUT2D eigenvalue weighted by Gasteiger charge is -2.13. The number of aryl methyl sites for hydroxylation is 2. The normalized spacial score (nSPS) is 12.8. The standard InChI is InChI=1S/C26H23N5O/c1-18-7-5-12-25(29-18)31-26(23-10-3-4-11-24(23)30-31)32-22-13-14-28-21(17-22)16-19-8-6-9-20(15-19)27-2/h5-9,12-15,17H,3-4,10-11,16H2,1H3. The van der Waals surface area contributed by atoms with Gasteiger partial charge in [0.2, 0.25) is 5.88 Å². The topological polar surface area (TPSA) is 57.2 Å². The van der Waals surface area contributed by atoms with Crippen molar-refractivity contribution in [3.8, 4) is 17.4 Å². The van der Waals surface area contributed by atoms with Crippen LogP contribution in [0.4, 0.5) is 5.69 Å². The first-order chi connectivity index (χ1) is 15.7. The van der Waals surface area contributed by atoms with E-state index in [0.29, 0.717) is 12.1 Å². The summed E-state index contributed by atoms with van der Waals surface area (Å²) in [4.78, 5) is 12.7. The molecule has 0 aliphatic heterocycles. The van der Waals surface area contributed by atoms with Crippen molar-refractivity contribution in [2.24, 2.45) is 0 Å². The fourth-order valence-electron chi connectivity index (χ4n) is 4.10. The third-order valence-electron chi connectivity index (χ3n) is 5.63. The van der Waals surface area contributed by atoms with Crippen molar-refractivity contribution in [2.75, 3.05) is 0 Å². The zero-order valence-corrected chi connectivity index (χ0v) is 18.0. The van der Waals surface area contributed by atoms with Crippen molar-refractivity contribution in [1.82, 2.24) is 19.7 Å². The van der Waals surface area contributed by atoms with Gasteiger partial charge in [0, 0.05) is 35.6 Å². The van der Waals surface area contributed by atoms with Gasteiger partial charge in [0.05, 0.1) is 12.3 Å². The molecule has 0 amide bonds. The van der Waals surface area contributed by atoms with Gasteiger partial charge in [0.15, 0.2) is 11.5 Å². The van der Waals surface area contributed by atoms with E-state index in [1.54, 1.807) is 6.20 Å². The maximum absolute atomic E-state index is 7.22. The maximum atomic E-state index is 7.22. The highest BCUT2D eigenvalue weighted by atomic mass is 16.5. The highest BCUT2D eigenvalue weighted by molar-refractivity contribution is 5.47. The quantitative estimate of drug-likeness (QED) is 0.383. The van der Waals surface area contributed by atoms with Crippen molar-refractivity contribution in [3.63, 3.8) is 0 Å². The lowest BCUT2D eigenvalue weighted by Crippen LogP contribution is -2.04. The molecule has 0 spiro atoms. The van der Waals surface area contributed by atoms with Gasteiger partial charge in [-0.1, -0.05) is 35.9 Å². The van der Waals surface area contributed by atoms with Crippen LogP contribution in [0.15, 0.2) is 60.8 Å². The lowest BCUT2D eigenvalue weighted by molar-refractivity contribution is 0.435. The molecule has 0 radical (unpaired) electrons. The average Bonchev–Trinajstić information content (AvgIpc) is 3.18. The van der Waals surface area contributed by atoms with Gasteiger partial charge < -0.3 is 4.74 Å². The maximum Gasteiger partial charge on any atom is 0.227 e. The lowest BCUT2D eigenvalue weighted by atomic mass is 9.98. The second-order valence-electron chi connectivity index (χ2n) is 8.03. The van der Waals surface area contributed by atoms with E-state index in [1.807, 2.05) is 66.2 Å². The Hall–Kier alpha value is -3.98. The summed E-state index contributed by atoms with van der Waals surface area (Å²) in [6, 6.07) is 17.4. The fourth-order valence-corrected chi connectivity index (χ4v) is 4.10. The number of ether oxygens (including phenoxy) is 1. The summed E-state index contributed by atoms with van der Waals surface area (Å²) in [5.74, 6) is 2.23. The number of hydrogen-bond donors (Lipinski definition) is 0. The molecule has 1 aliphatic carbocycles. The number of pyridine rings is 2. The molecule has 1 aliphatic rings. The van der Waals surface area contributed by atoms with Gasteiger partial charge in [-0.3, -0.25) is 4.98 Å². The molecule has 0 saturated heterocycles. The number of rotatable bonds is 5. The molecule has 1 aromatic carbocycles. The molecule has 5 rings (SSSR count). The molecular formula is C26H23N5O. The molecule has 0 atom stereocenters. The molecule has 0 saturated carbocycles. The number of hydrogen-bond acceptors (Lipinski definition) is 4. The van der Waals surface area contributed by atoms with Crippen LogP contribution in [0.5, 0.6) is 11.6 Å². The number of benzene rings is 1. The van der Waals surface area contributed by atoms with E-state index < -0.39 is 0 Å². The molecule has 0 fully saturated rings. The summed E-state index contributed by atoms with van der Waals surface area (Å²) in [5, 5.41) is 4.85. The first-order valence-electron chi connectivity index (χ1n) is 10.8. The Morgan fingerprint density at radius 2 is 1.94 bits per heavy atom. The van der Waals surface area contributed by atoms with Gasteiger partial charge in [0.25, 0.3) is 0 Å². The molecule has 6 heteroatoms. The summed E-state index contributed by atoms with van der Waals surface area (Å²) >= 11 is 0. The van der Waals surface area contributed by atoms with Crippen molar-refractivity contribution in [1.29, 1.82) is 0 Å². The SMILES string of the molecule is [C-]#[N+]c1cccc(Cc2cc(Oc3c4c(nn3-c3cccc(C)n3)CCCC4)ccn2)c1. The zero-order valence-electron chi connectivity index (χ0n) is 18.0. The minimum atomic E-state index is 0.635. The van der Waals surface area contributed by atoms with Gasteiger partial charge >= 0.3 is 0 Å². The summed E-state index contributed by atoms with van der Waals surface area (Å²) < 4.78 is 8.27. The van der Waals surface area contributed by atoms with Gasteiger partial charge in [-0.2, -0.15) is 9.78 Å². The summed E-state index contributed by atoms with van der Waals surface area (Å²) in [5.41, 5.74) is 5.78. The molecule has 0 bridgehead atoms. The fraction of sp³-hybridized carbons (Fsp3) is 0.231. The van der Waals surface area contributed by atoms with Crippen LogP contribution in [-0.4, -0.2) is 19.7 Å². The summed E-state index contributed by atoms with van der Waals surface area (Å²) in [7, 11) is 0. The Labute approximate surface area is 187 Å². The number of fused-ring (bicyclic) bond motifs is 1. The Balaban J connectivity index is 1.48. The Morgan fingerprint density at radius 3 is 2.81 bits per heavy atom. The van der Waals surface area contributed by atoms with Crippen LogP contribution in [0.2, 0.25) is 0 Å². The molecule has 3 aromatic heterocycles. The predicted molar refractivity (Wildman–Crippen MR) is 123 cm³/mol. The first-order valence-corrected chi connectivity index (χ1v) is 10.8. The van der Waals surface area contributed by atoms with E-state index in [-0.39, 0.29) is 0 Å². The number of aromatic nitrogens is 4. The summed E-state index contributed by atoms with van der Waals surface area (Å²) in [6.07, 6.45) is 6.60. The second-order valence-corrected chi connectivity index (χ2v) is 8.03. The molecule has 0 N–H and O–H groups in total. The Bertz CT molecular complexity index is 1320. The van der Waals surface area contributed by atoms with Crippen molar-refractivity contribution in [2.45, 2.75) is 39.0 Å². The molecule has 3 heterocycles. The van der Waals surface area contributed by atoms with Crippen LogP contribution in [0.3, 0.4) is 0 Å². The van der Waals surface area contributed by atoms with E-state index >= 15 is 0 Å². The van der Waals surface area contributed by atoms with Crippen molar-refractivity contribution in [3.05, 3.63) is 100 Å². The average molecular weight is 422 g/mol. The van der Waals surface area contributed by atoms with E-state index in [4.69, 9.17) is 16.4 Å². The second kappa shape index (κ2) is 8.64. The minimum Gasteiger partial charge on any atom is -0.438 e. The van der Waals surface area contributed by atoms with Crippen LogP contribution in [0.25, 0.3) is 10.7 Å². The highest BCUT2D eigenvalue weighted by Crippen LogP contribution is 2.34. The molecule has 0 unspecified atom stereocenters. The van der Waals surface area contributed by atoms with Gasteiger partial charge in [-0.15, -0.1) is 0 Å².